The van der Waals surface area contributed by atoms with Crippen molar-refractivity contribution in [2.24, 2.45) is 10.3 Å². The normalized spacial score (nSPS) is 16.4. The Labute approximate surface area is 685 Å². The van der Waals surface area contributed by atoms with Gasteiger partial charge < -0.3 is 38.1 Å². The summed E-state index contributed by atoms with van der Waals surface area (Å²) in [5, 5.41) is 9.73. The van der Waals surface area contributed by atoms with E-state index in [1.165, 1.54) is 67.4 Å². The van der Waals surface area contributed by atoms with Crippen LogP contribution in [0, 0.1) is 28.0 Å². The van der Waals surface area contributed by atoms with Gasteiger partial charge in [-0.2, -0.15) is 31.3 Å². The predicted octanol–water partition coefficient (Wildman–Crippen LogP) is 11.4. The van der Waals surface area contributed by atoms with Crippen LogP contribution in [-0.2, 0) is 81.4 Å². The molecule has 2 saturated heterocycles. The summed E-state index contributed by atoms with van der Waals surface area (Å²) in [5.41, 5.74) is 6.55. The fourth-order valence-corrected chi connectivity index (χ4v) is 15.4. The van der Waals surface area contributed by atoms with E-state index in [0.717, 1.165) is 134 Å². The quantitative estimate of drug-likeness (QED) is 0.0172. The van der Waals surface area contributed by atoms with Gasteiger partial charge in [0.05, 0.1) is 50.6 Å². The molecule has 581 valence electrons. The molecule has 0 spiro atoms. The first-order valence-electron chi connectivity index (χ1n) is 36.2. The van der Waals surface area contributed by atoms with Crippen molar-refractivity contribution in [1.82, 2.24) is 38.7 Å². The minimum atomic E-state index is -4.41. The number of alkyl halides is 7. The molecule has 2 aliphatic carbocycles. The first-order valence-corrected chi connectivity index (χ1v) is 38.7. The second kappa shape index (κ2) is 41.6. The van der Waals surface area contributed by atoms with Gasteiger partial charge in [-0.25, -0.2) is 17.6 Å². The first-order chi connectivity index (χ1) is 53.7. The molecule has 2 atom stereocenters. The van der Waals surface area contributed by atoms with Crippen molar-refractivity contribution < 1.29 is 63.1 Å². The van der Waals surface area contributed by atoms with Crippen LogP contribution in [0.15, 0.2) is 159 Å². The fourth-order valence-electron chi connectivity index (χ4n) is 13.8. The van der Waals surface area contributed by atoms with Gasteiger partial charge in [-0.3, -0.25) is 24.4 Å². The largest absolute Gasteiger partial charge is 0.416 e. The Morgan fingerprint density at radius 3 is 1.39 bits per heavy atom. The molecule has 6 aromatic carbocycles. The summed E-state index contributed by atoms with van der Waals surface area (Å²) in [7, 11) is 33.5. The highest BCUT2D eigenvalue weighted by Gasteiger charge is 2.38. The predicted molar refractivity (Wildman–Crippen MR) is 444 cm³/mol. The van der Waals surface area contributed by atoms with Gasteiger partial charge in [0.1, 0.15) is 0 Å². The van der Waals surface area contributed by atoms with Crippen molar-refractivity contribution in [2.75, 3.05) is 78.8 Å². The molecule has 6 aliphatic rings. The number of nitrogens with zero attached hydrogens (tertiary/aromatic N) is 9. The van der Waals surface area contributed by atoms with Crippen LogP contribution >= 0.6 is 39.9 Å². The molecule has 14 rings (SSSR count). The number of nitrogens with one attached hydrogen (secondary N) is 1. The number of morpholine rings is 2. The lowest BCUT2D eigenvalue weighted by Crippen LogP contribution is -2.63. The van der Waals surface area contributed by atoms with E-state index in [1.54, 1.807) is 0 Å². The molecule has 2 unspecified atom stereocenters. The van der Waals surface area contributed by atoms with E-state index in [9.17, 15) is 53.5 Å². The summed E-state index contributed by atoms with van der Waals surface area (Å²) < 4.78 is 147. The van der Waals surface area contributed by atoms with Crippen LogP contribution in [0.2, 0.25) is 0 Å². The maximum atomic E-state index is 14.5. The van der Waals surface area contributed by atoms with Crippen molar-refractivity contribution in [3.8, 4) is 22.3 Å². The number of H-pyrrole nitrogens is 1. The lowest BCUT2D eigenvalue weighted by atomic mass is 8.56. The summed E-state index contributed by atoms with van der Waals surface area (Å²) in [6.07, 6.45) is -7.46. The zero-order valence-corrected chi connectivity index (χ0v) is 63.9. The third-order valence-corrected chi connectivity index (χ3v) is 21.9. The molecule has 2 fully saturated rings. The minimum Gasteiger partial charge on any atom is -0.379 e. The average Bonchev–Trinajstić information content (AvgIpc) is 1.61. The number of fused-ring (bicyclic) bond motifs is 2. The molecule has 0 bridgehead atoms. The van der Waals surface area contributed by atoms with Gasteiger partial charge in [-0.05, 0) is 109 Å². The summed E-state index contributed by atoms with van der Waals surface area (Å²) in [6, 6.07) is 33.4. The van der Waals surface area contributed by atoms with Gasteiger partial charge in [0.2, 0.25) is 12.5 Å². The molecule has 8 aromatic rings. The van der Waals surface area contributed by atoms with E-state index in [0.29, 0.717) is 115 Å². The Kier molecular flexibility index (Phi) is 33.0. The van der Waals surface area contributed by atoms with Crippen LogP contribution in [0.25, 0.3) is 22.3 Å². The monoisotopic (exact) mass is 1660 g/mol. The van der Waals surface area contributed by atoms with Crippen LogP contribution < -0.4 is 11.1 Å². The molecule has 114 heavy (non-hydrogen) atoms. The highest BCUT2D eigenvalue weighted by molar-refractivity contribution is 9.08. The van der Waals surface area contributed by atoms with Crippen molar-refractivity contribution in [1.29, 1.82) is 0 Å². The summed E-state index contributed by atoms with van der Waals surface area (Å²) in [6.45, 7) is 9.34. The van der Waals surface area contributed by atoms with Gasteiger partial charge in [-0.15, -0.1) is 0 Å². The first kappa shape index (κ1) is 90.4. The topological polar surface area (TPSA) is 147 Å². The average molecular weight is 1660 g/mol. The third-order valence-electron chi connectivity index (χ3n) is 19.9. The highest BCUT2D eigenvalue weighted by Crippen LogP contribution is 2.38. The number of aromatic nitrogens is 4. The number of halogens is 11. The number of aromatic amines is 1. The van der Waals surface area contributed by atoms with E-state index in [2.05, 4.69) is 55.8 Å². The zero-order valence-electron chi connectivity index (χ0n) is 60.7. The number of amidine groups is 2. The van der Waals surface area contributed by atoms with Crippen LogP contribution in [0.5, 0.6) is 0 Å². The Hall–Kier alpha value is -7.48. The Morgan fingerprint density at radius 2 is 0.974 bits per heavy atom. The standard InChI is InChI=1S/C36H34F5N5O3S.C29H30F3N5O3S.C7H5BrF2.2CH4.B11/c37-29-5-1-3-26(32(29)38)22-50-35-42-33(47)28-4-2-6-30(28)46(35)21-31-43-49-34(45(31)16-15-44-17-19-48-20-18-44)25-9-7-23(8-10-25)24-11-13-27(14-12-24)36(39,40)41;30-29(31,32)22-10-8-20(9-11-22)19-4-6-21(7-5-19)27-36(13-12-35-14-16-39-17-15-35)25(34-40-27)18-37-24-3-1-2-23(24)26(38)33-28(37)41;8-4-5-2-1-3-6(9)7(5)10;;;1-7-10(6)11(8(2)3)9(4)5/h1,3,5,7-14,34H,2,4,6,15-22H2;4-11,27H,1-3,12-18H2,(H,33,38,41);1-3H,4H2;2*1H4;. The summed E-state index contributed by atoms with van der Waals surface area (Å²) in [4.78, 5) is 53.5. The van der Waals surface area contributed by atoms with Crippen molar-refractivity contribution >= 4 is 131 Å². The lowest BCUT2D eigenvalue weighted by molar-refractivity contribution is -0.138. The number of ether oxygens (including phenoxy) is 2. The molecule has 6 heterocycles. The van der Waals surface area contributed by atoms with Crippen molar-refractivity contribution in [2.45, 2.75) is 108 Å². The smallest absolute Gasteiger partial charge is 0.379 e. The highest BCUT2D eigenvalue weighted by atomic mass is 79.9. The minimum absolute atomic E-state index is 0. The van der Waals surface area contributed by atoms with Crippen LogP contribution in [0.4, 0.5) is 43.9 Å². The lowest BCUT2D eigenvalue weighted by Gasteiger charge is -2.31. The summed E-state index contributed by atoms with van der Waals surface area (Å²) in [5.74, 6) is -2.01. The number of oxime groups is 2. The number of hydrogen-bond donors (Lipinski definition) is 1. The molecule has 2 aromatic heterocycles. The maximum Gasteiger partial charge on any atom is 0.416 e. The fraction of sp³-hybridized carbons (Fsp3) is 0.378. The second-order valence-electron chi connectivity index (χ2n) is 27.2. The third kappa shape index (κ3) is 22.8. The van der Waals surface area contributed by atoms with E-state index in [-0.39, 0.29) is 50.2 Å². The second-order valence-corrected chi connectivity index (χ2v) is 29.0. The van der Waals surface area contributed by atoms with Gasteiger partial charge in [0, 0.05) is 187 Å². The molecule has 1 N–H and O–H groups in total. The Morgan fingerprint density at radius 1 is 0.561 bits per heavy atom. The van der Waals surface area contributed by atoms with E-state index in [4.69, 9.17) is 77.8 Å². The van der Waals surface area contributed by atoms with Gasteiger partial charge in [0.25, 0.3) is 11.1 Å². The number of rotatable bonds is 22. The molecule has 13 radical (unpaired) electrons. The molecule has 16 nitrogen and oxygen atoms in total. The van der Waals surface area contributed by atoms with E-state index >= 15 is 0 Å². The number of hydrogen-bond acceptors (Lipinski definition) is 15. The van der Waals surface area contributed by atoms with Crippen LogP contribution in [0.3, 0.4) is 0 Å². The van der Waals surface area contributed by atoms with Crippen molar-refractivity contribution in [3.63, 3.8) is 0 Å². The van der Waals surface area contributed by atoms with E-state index < -0.39 is 78.4 Å². The number of thioether (sulfide) groups is 1. The zero-order chi connectivity index (χ0) is 80.0. The maximum absolute atomic E-state index is 14.5. The van der Waals surface area contributed by atoms with Gasteiger partial charge in [0.15, 0.2) is 44.9 Å². The molecule has 0 saturated carbocycles. The van der Waals surface area contributed by atoms with Crippen LogP contribution in [0.1, 0.15) is 96.0 Å². The van der Waals surface area contributed by atoms with Crippen molar-refractivity contribution in [3.05, 3.63) is 238 Å². The summed E-state index contributed by atoms with van der Waals surface area (Å²) >= 11 is 9.75. The molecule has 40 heteroatoms. The molecule has 0 amide bonds. The Balaban J connectivity index is 0.000000207. The van der Waals surface area contributed by atoms with E-state index in [1.807, 2.05) is 57.7 Å². The molecular weight excluding hydrogens is 1580 g/mol. The molecule has 4 aliphatic heterocycles. The number of benzene rings is 6. The SMILES string of the molecule is C.C.Fc1cccc(CBr)c1F.O=c1[nH]c(=S)n(CC2=NOC(c3ccc(-c4ccc(C(F)(F)F)cc4)cc3)N2CCN2CCOCC2)c2c1CCC2.O=c1nc(SCc2cccc(F)c2F)n(CC2=NOC(c3ccc(-c4ccc(C(F)(F)F)cc4)cc3)N2CCN2CCOCC2)c2c1CCC2.[B][B]B([B])B(B([B])[B])B([B])[B]. The van der Waals surface area contributed by atoms with Crippen LogP contribution in [-0.4, -0.2) is 208 Å². The van der Waals surface area contributed by atoms with Gasteiger partial charge >= 0.3 is 12.4 Å². The van der Waals surface area contributed by atoms with Gasteiger partial charge in [-0.1, -0.05) is 150 Å². The molecular formula is C74H77B11BrF10N10O6S2. The Bertz CT molecular complexity index is 4770.